The Morgan fingerprint density at radius 3 is 2.68 bits per heavy atom. The molecule has 5 nitrogen and oxygen atoms in total. The normalized spacial score (nSPS) is 11.9. The molecule has 6 heteroatoms. The number of carbonyl (C=O) groups is 1. The monoisotopic (exact) mass is 283 g/mol. The summed E-state index contributed by atoms with van der Waals surface area (Å²) in [5.41, 5.74) is 7.20. The van der Waals surface area contributed by atoms with Crippen LogP contribution in [0.5, 0.6) is 0 Å². The van der Waals surface area contributed by atoms with Crippen LogP contribution in [0.15, 0.2) is 15.9 Å². The van der Waals surface area contributed by atoms with E-state index in [0.29, 0.717) is 25.4 Å². The molecule has 0 saturated carbocycles. The number of nitrogens with two attached hydrogens (primary N) is 1. The van der Waals surface area contributed by atoms with E-state index >= 15 is 0 Å². The summed E-state index contributed by atoms with van der Waals surface area (Å²) in [6, 6.07) is 0. The van der Waals surface area contributed by atoms with Crippen LogP contribution in [0.1, 0.15) is 36.2 Å². The number of hydrogen-bond acceptors (Lipinski definition) is 4. The number of thiophene rings is 1. The van der Waals surface area contributed by atoms with Gasteiger partial charge in [-0.15, -0.1) is 0 Å². The summed E-state index contributed by atoms with van der Waals surface area (Å²) in [5, 5.41) is 15.3. The maximum absolute atomic E-state index is 12.5. The van der Waals surface area contributed by atoms with Gasteiger partial charge in [-0.05, 0) is 23.8 Å². The molecule has 0 fully saturated rings. The Morgan fingerprint density at radius 2 is 2.21 bits per heavy atom. The molecule has 1 rings (SSSR count). The zero-order valence-corrected chi connectivity index (χ0v) is 12.4. The van der Waals surface area contributed by atoms with Crippen LogP contribution < -0.4 is 5.73 Å². The average molecular weight is 283 g/mol. The lowest BCUT2D eigenvalue weighted by molar-refractivity contribution is 0.0740. The lowest BCUT2D eigenvalue weighted by Crippen LogP contribution is -2.36. The standard InChI is InChI=1S/C13H21N3O2S/c1-9(2)6-16(5-4-12(14)15-18)13(17)11-8-19-7-10(11)3/h7-9,18H,4-6H2,1-3H3,(H2,14,15). The minimum absolute atomic E-state index is 0.0122. The fourth-order valence-corrected chi connectivity index (χ4v) is 2.59. The number of amidine groups is 1. The molecular weight excluding hydrogens is 262 g/mol. The summed E-state index contributed by atoms with van der Waals surface area (Å²) >= 11 is 1.52. The Morgan fingerprint density at radius 1 is 1.53 bits per heavy atom. The smallest absolute Gasteiger partial charge is 0.254 e. The SMILES string of the molecule is Cc1cscc1C(=O)N(CCC(N)=NO)CC(C)C. The van der Waals surface area contributed by atoms with E-state index in [-0.39, 0.29) is 11.7 Å². The van der Waals surface area contributed by atoms with Gasteiger partial charge in [0.1, 0.15) is 5.84 Å². The van der Waals surface area contributed by atoms with Crippen LogP contribution in [0.4, 0.5) is 0 Å². The first-order valence-corrected chi connectivity index (χ1v) is 7.18. The number of nitrogens with zero attached hydrogens (tertiary/aromatic N) is 2. The van der Waals surface area contributed by atoms with Gasteiger partial charge in [0.25, 0.3) is 5.91 Å². The Labute approximate surface area is 117 Å². The summed E-state index contributed by atoms with van der Waals surface area (Å²) in [6.45, 7) is 7.17. The Balaban J connectivity index is 2.79. The maximum atomic E-state index is 12.5. The van der Waals surface area contributed by atoms with E-state index in [1.165, 1.54) is 11.3 Å². The molecular formula is C13H21N3O2S. The van der Waals surface area contributed by atoms with Gasteiger partial charge >= 0.3 is 0 Å². The summed E-state index contributed by atoms with van der Waals surface area (Å²) in [6.07, 6.45) is 0.373. The van der Waals surface area contributed by atoms with Crippen LogP contribution in [0.2, 0.25) is 0 Å². The minimum atomic E-state index is 0.0122. The zero-order chi connectivity index (χ0) is 14.4. The van der Waals surface area contributed by atoms with Gasteiger partial charge in [0.2, 0.25) is 0 Å². The highest BCUT2D eigenvalue weighted by Gasteiger charge is 2.19. The van der Waals surface area contributed by atoms with Gasteiger partial charge in [0.05, 0.1) is 5.56 Å². The summed E-state index contributed by atoms with van der Waals surface area (Å²) in [5.74, 6) is 0.525. The van der Waals surface area contributed by atoms with Crippen molar-refractivity contribution >= 4 is 23.1 Å². The lowest BCUT2D eigenvalue weighted by Gasteiger charge is -2.24. The predicted molar refractivity (Wildman–Crippen MR) is 77.8 cm³/mol. The molecule has 0 bridgehead atoms. The molecule has 0 aliphatic carbocycles. The quantitative estimate of drug-likeness (QED) is 0.364. The Bertz CT molecular complexity index is 454. The van der Waals surface area contributed by atoms with Gasteiger partial charge in [-0.3, -0.25) is 4.79 Å². The van der Waals surface area contributed by atoms with E-state index in [0.717, 1.165) is 11.1 Å². The van der Waals surface area contributed by atoms with Gasteiger partial charge in [-0.2, -0.15) is 11.3 Å². The third-order valence-electron chi connectivity index (χ3n) is 2.73. The second-order valence-corrected chi connectivity index (χ2v) is 5.70. The van der Waals surface area contributed by atoms with E-state index in [1.54, 1.807) is 4.90 Å². The fraction of sp³-hybridized carbons (Fsp3) is 0.538. The van der Waals surface area contributed by atoms with Gasteiger partial charge in [0, 0.05) is 24.9 Å². The number of oxime groups is 1. The predicted octanol–water partition coefficient (Wildman–Crippen LogP) is 2.29. The van der Waals surface area contributed by atoms with Crippen molar-refractivity contribution in [2.24, 2.45) is 16.8 Å². The molecule has 1 aromatic heterocycles. The van der Waals surface area contributed by atoms with Gasteiger partial charge in [-0.1, -0.05) is 19.0 Å². The Kier molecular flexibility index (Phi) is 5.82. The van der Waals surface area contributed by atoms with Crippen molar-refractivity contribution in [3.63, 3.8) is 0 Å². The second kappa shape index (κ2) is 7.13. The molecule has 0 aromatic carbocycles. The molecule has 106 valence electrons. The van der Waals surface area contributed by atoms with Crippen LogP contribution in [0, 0.1) is 12.8 Å². The van der Waals surface area contributed by atoms with Crippen molar-refractivity contribution in [2.75, 3.05) is 13.1 Å². The third kappa shape index (κ3) is 4.55. The fourth-order valence-electron chi connectivity index (χ4n) is 1.77. The molecule has 0 atom stereocenters. The van der Waals surface area contributed by atoms with Gasteiger partial charge in [-0.25, -0.2) is 0 Å². The first-order chi connectivity index (χ1) is 8.95. The minimum Gasteiger partial charge on any atom is -0.409 e. The first-order valence-electron chi connectivity index (χ1n) is 6.24. The van der Waals surface area contributed by atoms with Gasteiger partial charge in [0.15, 0.2) is 0 Å². The first kappa shape index (κ1) is 15.5. The zero-order valence-electron chi connectivity index (χ0n) is 11.6. The van der Waals surface area contributed by atoms with Crippen molar-refractivity contribution in [3.05, 3.63) is 21.9 Å². The Hall–Kier alpha value is -1.56. The molecule has 1 aromatic rings. The van der Waals surface area contributed by atoms with Crippen molar-refractivity contribution < 1.29 is 10.0 Å². The maximum Gasteiger partial charge on any atom is 0.254 e. The highest BCUT2D eigenvalue weighted by atomic mass is 32.1. The molecule has 3 N–H and O–H groups in total. The number of rotatable bonds is 6. The second-order valence-electron chi connectivity index (χ2n) is 4.95. The van der Waals surface area contributed by atoms with E-state index in [9.17, 15) is 4.79 Å². The van der Waals surface area contributed by atoms with Gasteiger partial charge < -0.3 is 15.8 Å². The number of carbonyl (C=O) groups excluding carboxylic acids is 1. The van der Waals surface area contributed by atoms with Crippen molar-refractivity contribution in [1.82, 2.24) is 4.90 Å². The van der Waals surface area contributed by atoms with Crippen LogP contribution >= 0.6 is 11.3 Å². The van der Waals surface area contributed by atoms with E-state index in [2.05, 4.69) is 19.0 Å². The highest BCUT2D eigenvalue weighted by Crippen LogP contribution is 2.17. The van der Waals surface area contributed by atoms with Crippen molar-refractivity contribution in [1.29, 1.82) is 0 Å². The number of amides is 1. The van der Waals surface area contributed by atoms with Crippen molar-refractivity contribution in [3.8, 4) is 0 Å². The number of hydrogen-bond donors (Lipinski definition) is 2. The molecule has 0 radical (unpaired) electrons. The molecule has 1 heterocycles. The molecule has 0 spiro atoms. The number of aryl methyl sites for hydroxylation is 1. The van der Waals surface area contributed by atoms with E-state index in [4.69, 9.17) is 10.9 Å². The molecule has 19 heavy (non-hydrogen) atoms. The van der Waals surface area contributed by atoms with Crippen LogP contribution in [-0.4, -0.2) is 34.9 Å². The third-order valence-corrected chi connectivity index (χ3v) is 3.59. The van der Waals surface area contributed by atoms with Crippen LogP contribution in [0.25, 0.3) is 0 Å². The molecule has 0 saturated heterocycles. The highest BCUT2D eigenvalue weighted by molar-refractivity contribution is 7.08. The van der Waals surface area contributed by atoms with Crippen molar-refractivity contribution in [2.45, 2.75) is 27.2 Å². The van der Waals surface area contributed by atoms with Crippen LogP contribution in [0.3, 0.4) is 0 Å². The molecule has 1 amide bonds. The average Bonchev–Trinajstić information content (AvgIpc) is 2.78. The van der Waals surface area contributed by atoms with E-state index in [1.807, 2.05) is 17.7 Å². The molecule has 0 unspecified atom stereocenters. The summed E-state index contributed by atoms with van der Waals surface area (Å²) in [4.78, 5) is 14.2. The molecule has 0 aliphatic rings. The topological polar surface area (TPSA) is 78.9 Å². The van der Waals surface area contributed by atoms with E-state index < -0.39 is 0 Å². The summed E-state index contributed by atoms with van der Waals surface area (Å²) in [7, 11) is 0. The summed E-state index contributed by atoms with van der Waals surface area (Å²) < 4.78 is 0. The van der Waals surface area contributed by atoms with Crippen LogP contribution in [-0.2, 0) is 0 Å². The molecule has 0 aliphatic heterocycles. The lowest BCUT2D eigenvalue weighted by atomic mass is 10.1. The largest absolute Gasteiger partial charge is 0.409 e.